The normalized spacial score (nSPS) is 12.7. The van der Waals surface area contributed by atoms with Gasteiger partial charge in [-0.25, -0.2) is 0 Å². The van der Waals surface area contributed by atoms with Crippen LogP contribution in [0.2, 0.25) is 5.02 Å². The summed E-state index contributed by atoms with van der Waals surface area (Å²) in [5.41, 5.74) is 2.64. The molecule has 1 aromatic carbocycles. The fraction of sp³-hybridized carbons (Fsp3) is 0.625. The molecule has 1 aromatic rings. The summed E-state index contributed by atoms with van der Waals surface area (Å²) in [5, 5.41) is 4.52. The van der Waals surface area contributed by atoms with Crippen LogP contribution in [-0.4, -0.2) is 6.04 Å². The van der Waals surface area contributed by atoms with Crippen LogP contribution in [0.5, 0.6) is 0 Å². The van der Waals surface area contributed by atoms with Crippen molar-refractivity contribution in [2.45, 2.75) is 65.5 Å². The molecule has 1 rings (SSSR count). The number of hydrogen-bond donors (Lipinski definition) is 1. The van der Waals surface area contributed by atoms with Gasteiger partial charge in [-0.1, -0.05) is 50.8 Å². The number of nitrogens with one attached hydrogen (secondary N) is 1. The molecule has 0 amide bonds. The third kappa shape index (κ3) is 5.41. The van der Waals surface area contributed by atoms with Crippen LogP contribution in [0.15, 0.2) is 18.2 Å². The molecule has 1 atom stereocenters. The Morgan fingerprint density at radius 2 is 1.94 bits per heavy atom. The lowest BCUT2D eigenvalue weighted by atomic mass is 10.0. The van der Waals surface area contributed by atoms with Crippen molar-refractivity contribution in [1.82, 2.24) is 5.32 Å². The molecule has 0 fully saturated rings. The molecule has 0 aliphatic heterocycles. The van der Waals surface area contributed by atoms with Crippen molar-refractivity contribution < 1.29 is 0 Å². The van der Waals surface area contributed by atoms with Crippen molar-refractivity contribution in [1.29, 1.82) is 0 Å². The Balaban J connectivity index is 2.49. The highest BCUT2D eigenvalue weighted by molar-refractivity contribution is 6.30. The van der Waals surface area contributed by atoms with Crippen LogP contribution in [0.25, 0.3) is 0 Å². The molecule has 102 valence electrons. The van der Waals surface area contributed by atoms with E-state index in [0.29, 0.717) is 6.04 Å². The first-order valence-electron chi connectivity index (χ1n) is 7.15. The Kier molecular flexibility index (Phi) is 7.38. The molecule has 0 saturated carbocycles. The molecule has 2 heteroatoms. The Morgan fingerprint density at radius 3 is 2.56 bits per heavy atom. The van der Waals surface area contributed by atoms with E-state index in [1.54, 1.807) is 0 Å². The first kappa shape index (κ1) is 15.5. The van der Waals surface area contributed by atoms with Crippen LogP contribution in [0.4, 0.5) is 0 Å². The van der Waals surface area contributed by atoms with Gasteiger partial charge >= 0.3 is 0 Å². The molecule has 0 bridgehead atoms. The molecular weight excluding hydrogens is 242 g/mol. The summed E-state index contributed by atoms with van der Waals surface area (Å²) in [6, 6.07) is 6.81. The Bertz CT molecular complexity index is 349. The number of halogens is 1. The topological polar surface area (TPSA) is 12.0 Å². The van der Waals surface area contributed by atoms with Gasteiger partial charge in [0.05, 0.1) is 0 Å². The van der Waals surface area contributed by atoms with Gasteiger partial charge < -0.3 is 5.32 Å². The maximum absolute atomic E-state index is 5.98. The number of benzene rings is 1. The van der Waals surface area contributed by atoms with Gasteiger partial charge in [0.25, 0.3) is 0 Å². The predicted octanol–water partition coefficient (Wildman–Crippen LogP) is 5.10. The van der Waals surface area contributed by atoms with Crippen molar-refractivity contribution in [2.24, 2.45) is 0 Å². The van der Waals surface area contributed by atoms with Crippen LogP contribution in [-0.2, 0) is 6.54 Å². The summed E-state index contributed by atoms with van der Waals surface area (Å²) in [4.78, 5) is 0. The largest absolute Gasteiger partial charge is 0.310 e. The highest BCUT2D eigenvalue weighted by atomic mass is 35.5. The van der Waals surface area contributed by atoms with Crippen LogP contribution in [0, 0.1) is 6.92 Å². The minimum Gasteiger partial charge on any atom is -0.310 e. The van der Waals surface area contributed by atoms with Gasteiger partial charge in [-0.3, -0.25) is 0 Å². The third-order valence-electron chi connectivity index (χ3n) is 3.43. The zero-order valence-corrected chi connectivity index (χ0v) is 12.7. The first-order valence-corrected chi connectivity index (χ1v) is 7.53. The van der Waals surface area contributed by atoms with Crippen molar-refractivity contribution in [2.75, 3.05) is 0 Å². The van der Waals surface area contributed by atoms with E-state index in [4.69, 9.17) is 11.6 Å². The molecule has 1 unspecified atom stereocenters. The number of unbranched alkanes of at least 4 members (excludes halogenated alkanes) is 1. The van der Waals surface area contributed by atoms with Gasteiger partial charge in [0.2, 0.25) is 0 Å². The molecule has 18 heavy (non-hydrogen) atoms. The highest BCUT2D eigenvalue weighted by Crippen LogP contribution is 2.16. The molecule has 0 saturated heterocycles. The van der Waals surface area contributed by atoms with Gasteiger partial charge in [-0.2, -0.15) is 0 Å². The summed E-state index contributed by atoms with van der Waals surface area (Å²) in [6.07, 6.45) is 6.41. The monoisotopic (exact) mass is 267 g/mol. The molecule has 0 spiro atoms. The van der Waals surface area contributed by atoms with Crippen LogP contribution in [0.3, 0.4) is 0 Å². The summed E-state index contributed by atoms with van der Waals surface area (Å²) < 4.78 is 0. The van der Waals surface area contributed by atoms with E-state index in [0.717, 1.165) is 11.6 Å². The van der Waals surface area contributed by atoms with E-state index < -0.39 is 0 Å². The van der Waals surface area contributed by atoms with Gasteiger partial charge in [-0.05, 0) is 43.0 Å². The highest BCUT2D eigenvalue weighted by Gasteiger charge is 2.07. The van der Waals surface area contributed by atoms with E-state index in [1.165, 1.54) is 43.2 Å². The van der Waals surface area contributed by atoms with E-state index in [2.05, 4.69) is 32.2 Å². The van der Waals surface area contributed by atoms with E-state index in [1.807, 2.05) is 12.1 Å². The Hall–Kier alpha value is -0.530. The molecule has 0 radical (unpaired) electrons. The fourth-order valence-corrected chi connectivity index (χ4v) is 2.49. The van der Waals surface area contributed by atoms with Gasteiger partial charge in [0.1, 0.15) is 0 Å². The van der Waals surface area contributed by atoms with Crippen LogP contribution >= 0.6 is 11.6 Å². The second-order valence-electron chi connectivity index (χ2n) is 5.08. The van der Waals surface area contributed by atoms with E-state index in [-0.39, 0.29) is 0 Å². The predicted molar refractivity (Wildman–Crippen MR) is 81.2 cm³/mol. The number of hydrogen-bond acceptors (Lipinski definition) is 1. The minimum absolute atomic E-state index is 0.657. The first-order chi connectivity index (χ1) is 8.67. The van der Waals surface area contributed by atoms with E-state index in [9.17, 15) is 0 Å². The quantitative estimate of drug-likeness (QED) is 0.691. The maximum atomic E-state index is 5.98. The lowest BCUT2D eigenvalue weighted by Gasteiger charge is -2.18. The van der Waals surface area contributed by atoms with Crippen molar-refractivity contribution >= 4 is 11.6 Å². The summed E-state index contributed by atoms with van der Waals surface area (Å²) in [7, 11) is 0. The zero-order chi connectivity index (χ0) is 13.4. The van der Waals surface area contributed by atoms with Gasteiger partial charge in [-0.15, -0.1) is 0 Å². The molecule has 0 aliphatic carbocycles. The van der Waals surface area contributed by atoms with Crippen molar-refractivity contribution in [3.63, 3.8) is 0 Å². The van der Waals surface area contributed by atoms with Gasteiger partial charge in [0.15, 0.2) is 0 Å². The van der Waals surface area contributed by atoms with Crippen LogP contribution < -0.4 is 5.32 Å². The summed E-state index contributed by atoms with van der Waals surface area (Å²) >= 11 is 5.98. The van der Waals surface area contributed by atoms with Crippen LogP contribution in [0.1, 0.15) is 57.1 Å². The second kappa shape index (κ2) is 8.55. The van der Waals surface area contributed by atoms with Crippen molar-refractivity contribution in [3.8, 4) is 0 Å². The zero-order valence-electron chi connectivity index (χ0n) is 11.9. The molecule has 1 nitrogen and oxygen atoms in total. The average molecular weight is 268 g/mol. The SMILES string of the molecule is CCCCC(CCC)NCc1ccc(Cl)cc1C. The molecular formula is C16H26ClN. The number of aryl methyl sites for hydroxylation is 1. The molecule has 0 heterocycles. The second-order valence-corrected chi connectivity index (χ2v) is 5.52. The molecule has 1 N–H and O–H groups in total. The van der Waals surface area contributed by atoms with Gasteiger partial charge in [0, 0.05) is 17.6 Å². The third-order valence-corrected chi connectivity index (χ3v) is 3.66. The maximum Gasteiger partial charge on any atom is 0.0408 e. The van der Waals surface area contributed by atoms with Crippen molar-refractivity contribution in [3.05, 3.63) is 34.3 Å². The summed E-state index contributed by atoms with van der Waals surface area (Å²) in [5.74, 6) is 0. The fourth-order valence-electron chi connectivity index (χ4n) is 2.26. The Labute approximate surface area is 117 Å². The minimum atomic E-state index is 0.657. The van der Waals surface area contributed by atoms with E-state index >= 15 is 0 Å². The average Bonchev–Trinajstić information content (AvgIpc) is 2.34. The smallest absolute Gasteiger partial charge is 0.0408 e. The Morgan fingerprint density at radius 1 is 1.17 bits per heavy atom. The standard InChI is InChI=1S/C16H26ClN/c1-4-6-8-16(7-5-2)18-12-14-9-10-15(17)11-13(14)3/h9-11,16,18H,4-8,12H2,1-3H3. The molecule has 0 aromatic heterocycles. The summed E-state index contributed by atoms with van der Waals surface area (Å²) in [6.45, 7) is 7.60. The number of rotatable bonds is 8. The molecule has 0 aliphatic rings. The lowest BCUT2D eigenvalue weighted by Crippen LogP contribution is -2.28. The lowest BCUT2D eigenvalue weighted by molar-refractivity contribution is 0.433.